The van der Waals surface area contributed by atoms with Crippen molar-refractivity contribution in [2.24, 2.45) is 0 Å². The summed E-state index contributed by atoms with van der Waals surface area (Å²) in [5, 5.41) is 12.1. The maximum absolute atomic E-state index is 12.2. The van der Waals surface area contributed by atoms with Crippen LogP contribution < -0.4 is 5.32 Å². The number of nitrogens with one attached hydrogen (secondary N) is 1. The number of hydrogen-bond acceptors (Lipinski definition) is 7. The lowest BCUT2D eigenvalue weighted by atomic mass is 10.3. The molecular formula is C17H17N3O4S2. The third-order valence-corrected chi connectivity index (χ3v) is 6.23. The molecule has 0 aliphatic heterocycles. The van der Waals surface area contributed by atoms with Gasteiger partial charge in [-0.25, -0.2) is 8.42 Å². The Hall–Kier alpha value is -2.52. The molecule has 0 radical (unpaired) electrons. The second-order valence-electron chi connectivity index (χ2n) is 5.54. The van der Waals surface area contributed by atoms with Gasteiger partial charge in [-0.05, 0) is 30.0 Å². The largest absolute Gasteiger partial charge is 0.407 e. The minimum absolute atomic E-state index is 0.0208. The van der Waals surface area contributed by atoms with E-state index in [-0.39, 0.29) is 35.4 Å². The molecule has 0 saturated heterocycles. The first-order valence-electron chi connectivity index (χ1n) is 7.95. The van der Waals surface area contributed by atoms with Crippen LogP contribution in [0.3, 0.4) is 0 Å². The zero-order chi connectivity index (χ0) is 18.4. The highest BCUT2D eigenvalue weighted by Crippen LogP contribution is 2.16. The second kappa shape index (κ2) is 8.24. The number of aromatic nitrogens is 2. The van der Waals surface area contributed by atoms with Crippen LogP contribution >= 0.6 is 11.3 Å². The lowest BCUT2D eigenvalue weighted by molar-refractivity contribution is -0.116. The highest BCUT2D eigenvalue weighted by atomic mass is 32.2. The number of carbonyl (C=O) groups excluding carboxylic acids is 1. The summed E-state index contributed by atoms with van der Waals surface area (Å²) in [6, 6.07) is 12.1. The monoisotopic (exact) mass is 391 g/mol. The Kier molecular flexibility index (Phi) is 5.79. The maximum Gasteiger partial charge on any atom is 0.322 e. The van der Waals surface area contributed by atoms with E-state index in [2.05, 4.69) is 15.5 Å². The lowest BCUT2D eigenvalue weighted by Gasteiger charge is -2.04. The highest BCUT2D eigenvalue weighted by molar-refractivity contribution is 7.91. The lowest BCUT2D eigenvalue weighted by Crippen LogP contribution is -2.14. The summed E-state index contributed by atoms with van der Waals surface area (Å²) in [5.41, 5.74) is 0. The Balaban J connectivity index is 1.46. The maximum atomic E-state index is 12.2. The van der Waals surface area contributed by atoms with Gasteiger partial charge in [0.25, 0.3) is 0 Å². The molecule has 1 N–H and O–H groups in total. The van der Waals surface area contributed by atoms with Gasteiger partial charge in [0, 0.05) is 11.3 Å². The Morgan fingerprint density at radius 1 is 1.12 bits per heavy atom. The third-order valence-electron chi connectivity index (χ3n) is 3.54. The normalized spacial score (nSPS) is 11.4. The number of thiophene rings is 1. The fourth-order valence-corrected chi connectivity index (χ4v) is 4.32. The molecule has 9 heteroatoms. The summed E-state index contributed by atoms with van der Waals surface area (Å²) in [6.07, 6.45) is 0.768. The summed E-state index contributed by atoms with van der Waals surface area (Å²) in [4.78, 5) is 13.3. The first-order chi connectivity index (χ1) is 12.5. The third kappa shape index (κ3) is 4.99. The van der Waals surface area contributed by atoms with Gasteiger partial charge in [-0.2, -0.15) is 0 Å². The van der Waals surface area contributed by atoms with Gasteiger partial charge < -0.3 is 4.42 Å². The van der Waals surface area contributed by atoms with E-state index >= 15 is 0 Å². The number of nitrogens with zero attached hydrogens (tertiary/aromatic N) is 2. The molecule has 0 aliphatic rings. The van der Waals surface area contributed by atoms with Gasteiger partial charge in [-0.15, -0.1) is 16.4 Å². The van der Waals surface area contributed by atoms with E-state index < -0.39 is 9.84 Å². The van der Waals surface area contributed by atoms with Gasteiger partial charge >= 0.3 is 6.01 Å². The van der Waals surface area contributed by atoms with E-state index in [1.807, 2.05) is 17.5 Å². The van der Waals surface area contributed by atoms with Crippen molar-refractivity contribution in [3.05, 3.63) is 58.6 Å². The van der Waals surface area contributed by atoms with Crippen molar-refractivity contribution < 1.29 is 17.6 Å². The van der Waals surface area contributed by atoms with Crippen molar-refractivity contribution >= 4 is 33.1 Å². The van der Waals surface area contributed by atoms with Gasteiger partial charge in [-0.3, -0.25) is 10.1 Å². The van der Waals surface area contributed by atoms with Crippen molar-refractivity contribution in [2.45, 2.75) is 24.2 Å². The van der Waals surface area contributed by atoms with Crippen molar-refractivity contribution in [1.29, 1.82) is 0 Å². The Morgan fingerprint density at radius 2 is 1.92 bits per heavy atom. The predicted octanol–water partition coefficient (Wildman–Crippen LogP) is 2.91. The fourth-order valence-electron chi connectivity index (χ4n) is 2.29. The van der Waals surface area contributed by atoms with E-state index in [9.17, 15) is 13.2 Å². The molecule has 0 aliphatic carbocycles. The van der Waals surface area contributed by atoms with Crippen LogP contribution in [0.25, 0.3) is 0 Å². The molecule has 0 fully saturated rings. The summed E-state index contributed by atoms with van der Waals surface area (Å²) < 4.78 is 29.7. The van der Waals surface area contributed by atoms with Crippen molar-refractivity contribution in [3.63, 3.8) is 0 Å². The number of rotatable bonds is 8. The summed E-state index contributed by atoms with van der Waals surface area (Å²) in [7, 11) is -3.38. The number of sulfone groups is 1. The molecule has 2 aromatic heterocycles. The molecule has 3 rings (SSSR count). The Labute approximate surface area is 155 Å². The summed E-state index contributed by atoms with van der Waals surface area (Å²) in [6.45, 7) is 0. The predicted molar refractivity (Wildman–Crippen MR) is 97.8 cm³/mol. The molecule has 0 saturated carbocycles. The quantitative estimate of drug-likeness (QED) is 0.633. The molecule has 1 aromatic carbocycles. The highest BCUT2D eigenvalue weighted by Gasteiger charge is 2.15. The number of anilines is 1. The first-order valence-corrected chi connectivity index (χ1v) is 10.5. The number of benzene rings is 1. The molecule has 0 spiro atoms. The zero-order valence-electron chi connectivity index (χ0n) is 13.8. The van der Waals surface area contributed by atoms with Gasteiger partial charge in [0.15, 0.2) is 9.84 Å². The van der Waals surface area contributed by atoms with Crippen molar-refractivity contribution in [1.82, 2.24) is 10.2 Å². The van der Waals surface area contributed by atoms with E-state index in [4.69, 9.17) is 4.42 Å². The Morgan fingerprint density at radius 3 is 2.65 bits per heavy atom. The molecule has 26 heavy (non-hydrogen) atoms. The van der Waals surface area contributed by atoms with Crippen LogP contribution in [-0.4, -0.2) is 30.3 Å². The van der Waals surface area contributed by atoms with E-state index in [1.54, 1.807) is 41.7 Å². The average Bonchev–Trinajstić information content (AvgIpc) is 3.28. The molecule has 2 heterocycles. The minimum atomic E-state index is -3.38. The smallest absolute Gasteiger partial charge is 0.322 e. The first kappa shape index (κ1) is 18.3. The van der Waals surface area contributed by atoms with Gasteiger partial charge in [0.2, 0.25) is 11.8 Å². The molecule has 3 aromatic rings. The van der Waals surface area contributed by atoms with Crippen LogP contribution in [0.5, 0.6) is 0 Å². The van der Waals surface area contributed by atoms with Crippen molar-refractivity contribution in [3.8, 4) is 0 Å². The molecule has 0 atom stereocenters. The van der Waals surface area contributed by atoms with Crippen LogP contribution in [0.1, 0.15) is 23.6 Å². The van der Waals surface area contributed by atoms with E-state index in [1.165, 1.54) is 0 Å². The van der Waals surface area contributed by atoms with Crippen molar-refractivity contribution in [2.75, 3.05) is 11.1 Å². The van der Waals surface area contributed by atoms with Gasteiger partial charge in [-0.1, -0.05) is 29.4 Å². The van der Waals surface area contributed by atoms with E-state index in [0.717, 1.165) is 4.88 Å². The van der Waals surface area contributed by atoms with Gasteiger partial charge in [0.1, 0.15) is 0 Å². The summed E-state index contributed by atoms with van der Waals surface area (Å²) >= 11 is 1.58. The van der Waals surface area contributed by atoms with Crippen LogP contribution in [0, 0.1) is 0 Å². The minimum Gasteiger partial charge on any atom is -0.407 e. The topological polar surface area (TPSA) is 102 Å². The van der Waals surface area contributed by atoms with Crippen LogP contribution in [0.15, 0.2) is 57.2 Å². The number of amides is 1. The van der Waals surface area contributed by atoms with Crippen LogP contribution in [0.4, 0.5) is 6.01 Å². The molecule has 0 bridgehead atoms. The SMILES string of the molecule is O=C(CCCS(=O)(=O)c1ccccc1)Nc1nnc(Cc2cccs2)o1. The Bertz CT molecular complexity index is 951. The number of hydrogen-bond donors (Lipinski definition) is 1. The standard InChI is InChI=1S/C17H17N3O4S2/c21-15(9-5-11-26(22,23)14-7-2-1-3-8-14)18-17-20-19-16(24-17)12-13-6-4-10-25-13/h1-4,6-8,10H,5,9,11-12H2,(H,18,20,21). The number of carbonyl (C=O) groups is 1. The molecule has 0 unspecified atom stereocenters. The van der Waals surface area contributed by atoms with Crippen LogP contribution in [-0.2, 0) is 21.1 Å². The fraction of sp³-hybridized carbons (Fsp3) is 0.235. The molecule has 7 nitrogen and oxygen atoms in total. The zero-order valence-corrected chi connectivity index (χ0v) is 15.4. The molecular weight excluding hydrogens is 374 g/mol. The molecule has 1 amide bonds. The van der Waals surface area contributed by atoms with E-state index in [0.29, 0.717) is 12.3 Å². The van der Waals surface area contributed by atoms with Gasteiger partial charge in [0.05, 0.1) is 17.1 Å². The second-order valence-corrected chi connectivity index (χ2v) is 8.68. The average molecular weight is 391 g/mol. The molecule has 136 valence electrons. The summed E-state index contributed by atoms with van der Waals surface area (Å²) in [5.74, 6) is -0.0493. The van der Waals surface area contributed by atoms with Crippen LogP contribution in [0.2, 0.25) is 0 Å².